The maximum absolute atomic E-state index is 3.53. The van der Waals surface area contributed by atoms with Crippen molar-refractivity contribution in [3.63, 3.8) is 0 Å². The summed E-state index contributed by atoms with van der Waals surface area (Å²) in [6, 6.07) is 9.38. The van der Waals surface area contributed by atoms with Crippen LogP contribution in [0.1, 0.15) is 36.4 Å². The summed E-state index contributed by atoms with van der Waals surface area (Å²) in [6.45, 7) is 3.27. The number of rotatable bonds is 5. The summed E-state index contributed by atoms with van der Waals surface area (Å²) in [7, 11) is 4.14. The molecule has 2 nitrogen and oxygen atoms in total. The Kier molecular flexibility index (Phi) is 3.85. The maximum Gasteiger partial charge on any atom is 0.0387 e. The molecule has 2 rings (SSSR count). The zero-order valence-electron chi connectivity index (χ0n) is 11.2. The number of hydrogen-bond donors (Lipinski definition) is 2. The molecule has 0 aliphatic heterocycles. The Bertz CT molecular complexity index is 369. The molecule has 94 valence electrons. The predicted molar refractivity (Wildman–Crippen MR) is 73.2 cm³/mol. The quantitative estimate of drug-likeness (QED) is 0.815. The molecule has 1 aromatic rings. The summed E-state index contributed by atoms with van der Waals surface area (Å²) < 4.78 is 0. The van der Waals surface area contributed by atoms with Crippen molar-refractivity contribution in [2.75, 3.05) is 20.6 Å². The van der Waals surface area contributed by atoms with E-state index in [1.807, 2.05) is 0 Å². The lowest BCUT2D eigenvalue weighted by molar-refractivity contribution is 0.0788. The van der Waals surface area contributed by atoms with Crippen molar-refractivity contribution in [2.24, 2.45) is 5.41 Å². The van der Waals surface area contributed by atoms with Gasteiger partial charge in [-0.3, -0.25) is 0 Å². The Hall–Kier alpha value is -0.860. The second-order valence-electron chi connectivity index (χ2n) is 5.38. The molecule has 17 heavy (non-hydrogen) atoms. The maximum atomic E-state index is 3.53. The van der Waals surface area contributed by atoms with Gasteiger partial charge in [0.2, 0.25) is 0 Å². The summed E-state index contributed by atoms with van der Waals surface area (Å²) in [5, 5.41) is 6.90. The molecular weight excluding hydrogens is 208 g/mol. The van der Waals surface area contributed by atoms with Crippen molar-refractivity contribution in [3.05, 3.63) is 35.4 Å². The van der Waals surface area contributed by atoms with Gasteiger partial charge in [0.1, 0.15) is 0 Å². The van der Waals surface area contributed by atoms with Gasteiger partial charge in [0.25, 0.3) is 0 Å². The van der Waals surface area contributed by atoms with Crippen molar-refractivity contribution in [2.45, 2.75) is 32.2 Å². The van der Waals surface area contributed by atoms with Gasteiger partial charge in [-0.05, 0) is 39.4 Å². The van der Waals surface area contributed by atoms with Crippen molar-refractivity contribution in [1.29, 1.82) is 0 Å². The lowest BCUT2D eigenvalue weighted by Gasteiger charge is -2.48. The molecule has 1 atom stereocenters. The van der Waals surface area contributed by atoms with Crippen molar-refractivity contribution >= 4 is 0 Å². The smallest absolute Gasteiger partial charge is 0.0387 e. The Morgan fingerprint density at radius 3 is 2.53 bits per heavy atom. The molecule has 2 N–H and O–H groups in total. The highest BCUT2D eigenvalue weighted by molar-refractivity contribution is 5.27. The minimum atomic E-state index is 0.414. The molecule has 1 aliphatic rings. The zero-order chi connectivity index (χ0) is 12.3. The van der Waals surface area contributed by atoms with Gasteiger partial charge in [-0.2, -0.15) is 0 Å². The third-order valence-corrected chi connectivity index (χ3v) is 4.15. The van der Waals surface area contributed by atoms with Crippen LogP contribution in [0.2, 0.25) is 0 Å². The summed E-state index contributed by atoms with van der Waals surface area (Å²) in [5.41, 5.74) is 3.20. The predicted octanol–water partition coefficient (Wildman–Crippen LogP) is 2.65. The van der Waals surface area contributed by atoms with Crippen LogP contribution in [-0.4, -0.2) is 20.6 Å². The van der Waals surface area contributed by atoms with Gasteiger partial charge in [0.05, 0.1) is 0 Å². The molecule has 0 spiro atoms. The zero-order valence-corrected chi connectivity index (χ0v) is 11.2. The highest BCUT2D eigenvalue weighted by Crippen LogP contribution is 2.49. The fourth-order valence-electron chi connectivity index (χ4n) is 3.23. The summed E-state index contributed by atoms with van der Waals surface area (Å²) in [5.74, 6) is 0. The highest BCUT2D eigenvalue weighted by atomic mass is 14.9. The third-order valence-electron chi connectivity index (χ3n) is 4.15. The first-order valence-electron chi connectivity index (χ1n) is 6.60. The number of nitrogens with one attached hydrogen (secondary N) is 2. The lowest BCUT2D eigenvalue weighted by atomic mass is 9.62. The molecule has 1 saturated carbocycles. The van der Waals surface area contributed by atoms with E-state index >= 15 is 0 Å². The molecule has 0 heterocycles. The van der Waals surface area contributed by atoms with Gasteiger partial charge in [0, 0.05) is 18.0 Å². The summed E-state index contributed by atoms with van der Waals surface area (Å²) >= 11 is 0. The average Bonchev–Trinajstić information content (AvgIpc) is 2.27. The van der Waals surface area contributed by atoms with Crippen LogP contribution in [0, 0.1) is 12.3 Å². The van der Waals surface area contributed by atoms with E-state index < -0.39 is 0 Å². The van der Waals surface area contributed by atoms with E-state index in [-0.39, 0.29) is 0 Å². The Morgan fingerprint density at radius 2 is 2.06 bits per heavy atom. The van der Waals surface area contributed by atoms with Crippen molar-refractivity contribution in [1.82, 2.24) is 10.6 Å². The first-order chi connectivity index (χ1) is 8.22. The van der Waals surface area contributed by atoms with Gasteiger partial charge in [-0.1, -0.05) is 36.2 Å². The van der Waals surface area contributed by atoms with E-state index in [9.17, 15) is 0 Å². The Morgan fingerprint density at radius 1 is 1.29 bits per heavy atom. The van der Waals surface area contributed by atoms with Crippen LogP contribution in [0.15, 0.2) is 24.3 Å². The van der Waals surface area contributed by atoms with Gasteiger partial charge < -0.3 is 10.6 Å². The number of aryl methyl sites for hydroxylation is 1. The van der Waals surface area contributed by atoms with Gasteiger partial charge in [-0.15, -0.1) is 0 Å². The SMILES string of the molecule is CNCC1(C(NC)c2cccc(C)c2)CCC1. The second-order valence-corrected chi connectivity index (χ2v) is 5.38. The molecule has 1 fully saturated rings. The summed E-state index contributed by atoms with van der Waals surface area (Å²) in [6.07, 6.45) is 4.02. The van der Waals surface area contributed by atoms with Crippen LogP contribution >= 0.6 is 0 Å². The first-order valence-corrected chi connectivity index (χ1v) is 6.60. The van der Waals surface area contributed by atoms with Crippen LogP contribution in [0.3, 0.4) is 0 Å². The fourth-order valence-corrected chi connectivity index (χ4v) is 3.23. The number of hydrogen-bond acceptors (Lipinski definition) is 2. The third kappa shape index (κ3) is 2.38. The van der Waals surface area contributed by atoms with Crippen LogP contribution in [0.25, 0.3) is 0 Å². The number of benzene rings is 1. The molecule has 1 unspecified atom stereocenters. The van der Waals surface area contributed by atoms with Crippen LogP contribution in [-0.2, 0) is 0 Å². The van der Waals surface area contributed by atoms with Crippen LogP contribution in [0.4, 0.5) is 0 Å². The molecule has 1 aromatic carbocycles. The average molecular weight is 232 g/mol. The molecule has 0 saturated heterocycles. The highest BCUT2D eigenvalue weighted by Gasteiger charge is 2.43. The minimum Gasteiger partial charge on any atom is -0.319 e. The van der Waals surface area contributed by atoms with E-state index in [0.29, 0.717) is 11.5 Å². The molecule has 1 aliphatic carbocycles. The molecule has 0 bridgehead atoms. The molecular formula is C15H24N2. The molecule has 0 amide bonds. The van der Waals surface area contributed by atoms with E-state index in [4.69, 9.17) is 0 Å². The lowest BCUT2D eigenvalue weighted by Crippen LogP contribution is -2.47. The monoisotopic (exact) mass is 232 g/mol. The Balaban J connectivity index is 2.26. The first kappa shape index (κ1) is 12.6. The summed E-state index contributed by atoms with van der Waals surface area (Å²) in [4.78, 5) is 0. The second kappa shape index (κ2) is 5.19. The fraction of sp³-hybridized carbons (Fsp3) is 0.600. The van der Waals surface area contributed by atoms with Crippen LogP contribution < -0.4 is 10.6 Å². The van der Waals surface area contributed by atoms with E-state index in [0.717, 1.165) is 6.54 Å². The normalized spacial score (nSPS) is 19.7. The standard InChI is InChI=1S/C15H24N2/c1-12-6-4-7-13(10-12)14(17-3)15(11-16-2)8-5-9-15/h4,6-7,10,14,16-17H,5,8-9,11H2,1-3H3. The van der Waals surface area contributed by atoms with E-state index in [1.54, 1.807) is 0 Å². The van der Waals surface area contributed by atoms with E-state index in [2.05, 4.69) is 55.9 Å². The van der Waals surface area contributed by atoms with E-state index in [1.165, 1.54) is 30.4 Å². The van der Waals surface area contributed by atoms with Gasteiger partial charge in [0.15, 0.2) is 0 Å². The van der Waals surface area contributed by atoms with Gasteiger partial charge >= 0.3 is 0 Å². The molecule has 0 aromatic heterocycles. The Labute approximate surface area is 105 Å². The largest absolute Gasteiger partial charge is 0.319 e. The topological polar surface area (TPSA) is 24.1 Å². The molecule has 0 radical (unpaired) electrons. The van der Waals surface area contributed by atoms with Crippen LogP contribution in [0.5, 0.6) is 0 Å². The van der Waals surface area contributed by atoms with Crippen molar-refractivity contribution < 1.29 is 0 Å². The minimum absolute atomic E-state index is 0.414. The van der Waals surface area contributed by atoms with Crippen molar-refractivity contribution in [3.8, 4) is 0 Å². The van der Waals surface area contributed by atoms with Gasteiger partial charge in [-0.25, -0.2) is 0 Å². The molecule has 2 heteroatoms.